The van der Waals surface area contributed by atoms with Crippen LogP contribution >= 0.6 is 11.3 Å². The van der Waals surface area contributed by atoms with Crippen molar-refractivity contribution in [1.29, 1.82) is 0 Å². The fraction of sp³-hybridized carbons (Fsp3) is 0.167. The van der Waals surface area contributed by atoms with Gasteiger partial charge in [0.05, 0.1) is 12.2 Å². The normalized spacial score (nSPS) is 11.1. The van der Waals surface area contributed by atoms with Gasteiger partial charge in [-0.05, 0) is 13.0 Å². The van der Waals surface area contributed by atoms with Crippen LogP contribution in [0.25, 0.3) is 4.96 Å². The second-order valence-electron chi connectivity index (χ2n) is 3.95. The Morgan fingerprint density at radius 1 is 1.41 bits per heavy atom. The first-order valence-electron chi connectivity index (χ1n) is 5.30. The van der Waals surface area contributed by atoms with Gasteiger partial charge in [0.25, 0.3) is 0 Å². The molecule has 0 aliphatic heterocycles. The number of carbonyl (C=O) groups is 1. The fourth-order valence-electron chi connectivity index (χ4n) is 1.79. The molecule has 3 rings (SSSR count). The summed E-state index contributed by atoms with van der Waals surface area (Å²) in [5.74, 6) is 0.0922. The number of hydrogen-bond donors (Lipinski definition) is 0. The summed E-state index contributed by atoms with van der Waals surface area (Å²) < 4.78 is 3.98. The summed E-state index contributed by atoms with van der Waals surface area (Å²) in [7, 11) is 0. The van der Waals surface area contributed by atoms with E-state index in [0.29, 0.717) is 6.54 Å². The van der Waals surface area contributed by atoms with Gasteiger partial charge in [0, 0.05) is 35.7 Å². The number of ketones is 1. The summed E-state index contributed by atoms with van der Waals surface area (Å²) in [5, 5.41) is 2.01. The molecule has 0 amide bonds. The second kappa shape index (κ2) is 3.85. The van der Waals surface area contributed by atoms with E-state index in [9.17, 15) is 4.79 Å². The van der Waals surface area contributed by atoms with Crippen LogP contribution in [-0.2, 0) is 6.54 Å². The molecule has 3 aromatic heterocycles. The van der Waals surface area contributed by atoms with Gasteiger partial charge < -0.3 is 4.57 Å². The number of carbonyl (C=O) groups excluding carboxylic acids is 1. The van der Waals surface area contributed by atoms with Crippen LogP contribution in [0.4, 0.5) is 0 Å². The van der Waals surface area contributed by atoms with Gasteiger partial charge in [0.15, 0.2) is 10.7 Å². The third-order valence-corrected chi connectivity index (χ3v) is 3.42. The lowest BCUT2D eigenvalue weighted by molar-refractivity contribution is 0.101. The number of aromatic nitrogens is 3. The smallest absolute Gasteiger partial charge is 0.193 e. The highest BCUT2D eigenvalue weighted by Crippen LogP contribution is 2.13. The van der Waals surface area contributed by atoms with E-state index in [4.69, 9.17) is 0 Å². The molecule has 0 atom stereocenters. The van der Waals surface area contributed by atoms with Crippen molar-refractivity contribution < 1.29 is 4.79 Å². The molecule has 0 saturated heterocycles. The molecular weight excluding hydrogens is 234 g/mol. The van der Waals surface area contributed by atoms with Gasteiger partial charge in [-0.3, -0.25) is 9.20 Å². The predicted octanol–water partition coefficient (Wildman–Crippen LogP) is 2.45. The standard InChI is InChI=1S/C12H11N3OS/c1-9(16)10-2-3-14(6-10)7-11-8-15-4-5-17-12(15)13-11/h2-6,8H,7H2,1H3. The van der Waals surface area contributed by atoms with Crippen molar-refractivity contribution in [1.82, 2.24) is 14.0 Å². The molecule has 86 valence electrons. The van der Waals surface area contributed by atoms with E-state index in [-0.39, 0.29) is 5.78 Å². The molecule has 0 unspecified atom stereocenters. The zero-order chi connectivity index (χ0) is 11.8. The van der Waals surface area contributed by atoms with E-state index in [2.05, 4.69) is 4.98 Å². The van der Waals surface area contributed by atoms with Crippen molar-refractivity contribution in [3.05, 3.63) is 47.5 Å². The van der Waals surface area contributed by atoms with E-state index in [0.717, 1.165) is 16.2 Å². The number of imidazole rings is 1. The Morgan fingerprint density at radius 2 is 2.29 bits per heavy atom. The summed E-state index contributed by atoms with van der Waals surface area (Å²) in [6, 6.07) is 1.83. The lowest BCUT2D eigenvalue weighted by atomic mass is 10.2. The number of rotatable bonds is 3. The molecule has 0 bridgehead atoms. The van der Waals surface area contributed by atoms with Gasteiger partial charge in [-0.15, -0.1) is 11.3 Å². The average Bonchev–Trinajstić information content (AvgIpc) is 2.91. The summed E-state index contributed by atoms with van der Waals surface area (Å²) in [6.07, 6.45) is 7.77. The molecule has 0 radical (unpaired) electrons. The third-order valence-electron chi connectivity index (χ3n) is 2.64. The van der Waals surface area contributed by atoms with Gasteiger partial charge >= 0.3 is 0 Å². The van der Waals surface area contributed by atoms with Crippen LogP contribution in [0.15, 0.2) is 36.2 Å². The van der Waals surface area contributed by atoms with Crippen LogP contribution in [-0.4, -0.2) is 19.7 Å². The number of fused-ring (bicyclic) bond motifs is 1. The average molecular weight is 245 g/mol. The predicted molar refractivity (Wildman–Crippen MR) is 66.6 cm³/mol. The maximum atomic E-state index is 11.2. The van der Waals surface area contributed by atoms with E-state index >= 15 is 0 Å². The Morgan fingerprint density at radius 3 is 3.00 bits per heavy atom. The Balaban J connectivity index is 1.86. The number of nitrogens with zero attached hydrogens (tertiary/aromatic N) is 3. The number of Topliss-reactive ketones (excluding diaryl/α,β-unsaturated/α-hetero) is 1. The zero-order valence-corrected chi connectivity index (χ0v) is 10.1. The first-order chi connectivity index (χ1) is 8.22. The van der Waals surface area contributed by atoms with Crippen LogP contribution < -0.4 is 0 Å². The minimum absolute atomic E-state index is 0.0922. The first-order valence-corrected chi connectivity index (χ1v) is 6.18. The number of hydrogen-bond acceptors (Lipinski definition) is 3. The molecule has 0 aliphatic carbocycles. The third kappa shape index (κ3) is 1.89. The largest absolute Gasteiger partial charge is 0.348 e. The molecular formula is C12H11N3OS. The van der Waals surface area contributed by atoms with Crippen LogP contribution in [0.5, 0.6) is 0 Å². The highest BCUT2D eigenvalue weighted by atomic mass is 32.1. The summed E-state index contributed by atoms with van der Waals surface area (Å²) in [5.41, 5.74) is 1.74. The van der Waals surface area contributed by atoms with E-state index in [1.165, 1.54) is 0 Å². The highest BCUT2D eigenvalue weighted by Gasteiger charge is 2.05. The van der Waals surface area contributed by atoms with Gasteiger partial charge in [0.2, 0.25) is 0 Å². The molecule has 0 fully saturated rings. The first kappa shape index (κ1) is 10.3. The fourth-order valence-corrected chi connectivity index (χ4v) is 2.51. The van der Waals surface area contributed by atoms with Crippen molar-refractivity contribution in [3.8, 4) is 0 Å². The Hall–Kier alpha value is -1.88. The van der Waals surface area contributed by atoms with Crippen LogP contribution in [0.1, 0.15) is 23.0 Å². The van der Waals surface area contributed by atoms with Crippen LogP contribution in [0.2, 0.25) is 0 Å². The molecule has 0 aliphatic rings. The molecule has 0 N–H and O–H groups in total. The van der Waals surface area contributed by atoms with Crippen molar-refractivity contribution in [2.45, 2.75) is 13.5 Å². The topological polar surface area (TPSA) is 39.3 Å². The SMILES string of the molecule is CC(=O)c1ccn(Cc2cn3ccsc3n2)c1. The summed E-state index contributed by atoms with van der Waals surface area (Å²) in [4.78, 5) is 16.7. The van der Waals surface area contributed by atoms with Gasteiger partial charge in [-0.25, -0.2) is 4.98 Å². The van der Waals surface area contributed by atoms with Gasteiger partial charge in [0.1, 0.15) is 0 Å². The van der Waals surface area contributed by atoms with Crippen LogP contribution in [0.3, 0.4) is 0 Å². The zero-order valence-electron chi connectivity index (χ0n) is 9.33. The van der Waals surface area contributed by atoms with Crippen molar-refractivity contribution in [3.63, 3.8) is 0 Å². The summed E-state index contributed by atoms with van der Waals surface area (Å²) >= 11 is 1.62. The molecule has 3 heterocycles. The maximum absolute atomic E-state index is 11.2. The highest BCUT2D eigenvalue weighted by molar-refractivity contribution is 7.15. The molecule has 0 saturated carbocycles. The molecule has 4 nitrogen and oxygen atoms in total. The number of thiazole rings is 1. The van der Waals surface area contributed by atoms with Crippen molar-refractivity contribution in [2.24, 2.45) is 0 Å². The lowest BCUT2D eigenvalue weighted by Crippen LogP contribution is -1.97. The lowest BCUT2D eigenvalue weighted by Gasteiger charge is -1.97. The Kier molecular flexibility index (Phi) is 2.33. The molecule has 0 aromatic carbocycles. The van der Waals surface area contributed by atoms with E-state index in [1.807, 2.05) is 45.2 Å². The minimum Gasteiger partial charge on any atom is -0.348 e. The van der Waals surface area contributed by atoms with E-state index < -0.39 is 0 Å². The molecule has 5 heteroatoms. The maximum Gasteiger partial charge on any atom is 0.193 e. The Bertz CT molecular complexity index is 648. The van der Waals surface area contributed by atoms with Crippen LogP contribution in [0, 0.1) is 0 Å². The monoisotopic (exact) mass is 245 g/mol. The minimum atomic E-state index is 0.0922. The quantitative estimate of drug-likeness (QED) is 0.665. The second-order valence-corrected chi connectivity index (χ2v) is 4.83. The van der Waals surface area contributed by atoms with Crippen molar-refractivity contribution in [2.75, 3.05) is 0 Å². The molecule has 17 heavy (non-hydrogen) atoms. The summed E-state index contributed by atoms with van der Waals surface area (Å²) in [6.45, 7) is 2.27. The van der Waals surface area contributed by atoms with E-state index in [1.54, 1.807) is 18.3 Å². The Labute approximate surface area is 102 Å². The molecule has 3 aromatic rings. The van der Waals surface area contributed by atoms with Gasteiger partial charge in [-0.2, -0.15) is 0 Å². The van der Waals surface area contributed by atoms with Crippen molar-refractivity contribution >= 4 is 22.1 Å². The van der Waals surface area contributed by atoms with Gasteiger partial charge in [-0.1, -0.05) is 0 Å². The molecule has 0 spiro atoms.